The highest BCUT2D eigenvalue weighted by Gasteiger charge is 2.11. The zero-order chi connectivity index (χ0) is 16.4. The standard InChI is InChI=1S/C16H13ClN2O3S/c1-10-12(17)3-2-4-13(10)19-6-5-18-16(19)23-9-11-7-14(20)15(21)8-22-11/h2-8,21H,9H2,1H3. The van der Waals surface area contributed by atoms with Gasteiger partial charge in [0.05, 0.1) is 11.4 Å². The normalized spacial score (nSPS) is 10.9. The summed E-state index contributed by atoms with van der Waals surface area (Å²) >= 11 is 7.60. The fourth-order valence-corrected chi connectivity index (χ4v) is 3.12. The highest BCUT2D eigenvalue weighted by molar-refractivity contribution is 7.98. The molecule has 1 N–H and O–H groups in total. The predicted molar refractivity (Wildman–Crippen MR) is 89.5 cm³/mol. The number of thioether (sulfide) groups is 1. The van der Waals surface area contributed by atoms with Crippen LogP contribution in [0.4, 0.5) is 0 Å². The summed E-state index contributed by atoms with van der Waals surface area (Å²) in [4.78, 5) is 15.7. The van der Waals surface area contributed by atoms with Gasteiger partial charge in [0.25, 0.3) is 0 Å². The second-order valence-electron chi connectivity index (χ2n) is 4.85. The molecule has 0 fully saturated rings. The molecule has 0 bridgehead atoms. The number of aromatic nitrogens is 2. The molecule has 23 heavy (non-hydrogen) atoms. The molecule has 0 aliphatic carbocycles. The van der Waals surface area contributed by atoms with Crippen molar-refractivity contribution in [2.45, 2.75) is 17.8 Å². The summed E-state index contributed by atoms with van der Waals surface area (Å²) in [5.41, 5.74) is 1.45. The Hall–Kier alpha value is -2.18. The first-order valence-electron chi connectivity index (χ1n) is 6.78. The first-order valence-corrected chi connectivity index (χ1v) is 8.15. The molecule has 0 spiro atoms. The van der Waals surface area contributed by atoms with Crippen molar-refractivity contribution in [1.29, 1.82) is 0 Å². The molecule has 0 aliphatic heterocycles. The van der Waals surface area contributed by atoms with Crippen LogP contribution in [0.15, 0.2) is 57.3 Å². The quantitative estimate of drug-likeness (QED) is 0.726. The molecule has 0 aliphatic rings. The molecule has 0 radical (unpaired) electrons. The van der Waals surface area contributed by atoms with Gasteiger partial charge in [-0.25, -0.2) is 4.98 Å². The van der Waals surface area contributed by atoms with Crippen LogP contribution in [0.5, 0.6) is 5.75 Å². The Morgan fingerprint density at radius 1 is 1.43 bits per heavy atom. The van der Waals surface area contributed by atoms with Gasteiger partial charge in [-0.3, -0.25) is 9.36 Å². The van der Waals surface area contributed by atoms with Crippen LogP contribution in [0.2, 0.25) is 5.02 Å². The molecule has 3 rings (SSSR count). The van der Waals surface area contributed by atoms with E-state index >= 15 is 0 Å². The Morgan fingerprint density at radius 3 is 3.04 bits per heavy atom. The van der Waals surface area contributed by atoms with Gasteiger partial charge in [-0.05, 0) is 24.6 Å². The summed E-state index contributed by atoms with van der Waals surface area (Å²) in [6, 6.07) is 6.97. The van der Waals surface area contributed by atoms with E-state index in [0.29, 0.717) is 16.5 Å². The Kier molecular flexibility index (Phi) is 4.45. The first-order chi connectivity index (χ1) is 11.1. The van der Waals surface area contributed by atoms with Crippen LogP contribution < -0.4 is 5.43 Å². The lowest BCUT2D eigenvalue weighted by Crippen LogP contribution is -2.01. The maximum atomic E-state index is 11.4. The third-order valence-corrected chi connectivity index (χ3v) is 4.71. The largest absolute Gasteiger partial charge is 0.502 e. The lowest BCUT2D eigenvalue weighted by atomic mass is 10.2. The van der Waals surface area contributed by atoms with Crippen molar-refractivity contribution >= 4 is 23.4 Å². The number of halogens is 1. The van der Waals surface area contributed by atoms with Crippen LogP contribution >= 0.6 is 23.4 Å². The maximum Gasteiger partial charge on any atom is 0.226 e. The zero-order valence-electron chi connectivity index (χ0n) is 12.2. The minimum Gasteiger partial charge on any atom is -0.502 e. The van der Waals surface area contributed by atoms with E-state index in [-0.39, 0.29) is 0 Å². The molecule has 0 amide bonds. The van der Waals surface area contributed by atoms with Crippen LogP contribution in [-0.4, -0.2) is 14.7 Å². The first kappa shape index (κ1) is 15.7. The van der Waals surface area contributed by atoms with Gasteiger partial charge in [-0.15, -0.1) is 0 Å². The summed E-state index contributed by atoms with van der Waals surface area (Å²) in [7, 11) is 0. The number of benzene rings is 1. The second-order valence-corrected chi connectivity index (χ2v) is 6.20. The van der Waals surface area contributed by atoms with Gasteiger partial charge >= 0.3 is 0 Å². The van der Waals surface area contributed by atoms with Crippen molar-refractivity contribution in [2.75, 3.05) is 0 Å². The monoisotopic (exact) mass is 348 g/mol. The maximum absolute atomic E-state index is 11.4. The average Bonchev–Trinajstić information content (AvgIpc) is 2.99. The van der Waals surface area contributed by atoms with Crippen LogP contribution in [0.3, 0.4) is 0 Å². The van der Waals surface area contributed by atoms with Gasteiger partial charge in [0.2, 0.25) is 5.43 Å². The van der Waals surface area contributed by atoms with E-state index in [0.717, 1.165) is 22.7 Å². The number of hydrogen-bond donors (Lipinski definition) is 1. The third kappa shape index (κ3) is 3.28. The lowest BCUT2D eigenvalue weighted by molar-refractivity contribution is 0.419. The summed E-state index contributed by atoms with van der Waals surface area (Å²) in [6.07, 6.45) is 4.61. The van der Waals surface area contributed by atoms with Gasteiger partial charge in [-0.2, -0.15) is 0 Å². The number of hydrogen-bond acceptors (Lipinski definition) is 5. The van der Waals surface area contributed by atoms with Crippen LogP contribution in [0, 0.1) is 6.92 Å². The van der Waals surface area contributed by atoms with E-state index in [2.05, 4.69) is 4.98 Å². The topological polar surface area (TPSA) is 68.3 Å². The Balaban J connectivity index is 1.85. The number of imidazole rings is 1. The Morgan fingerprint density at radius 2 is 2.26 bits per heavy atom. The molecule has 2 heterocycles. The fourth-order valence-electron chi connectivity index (χ4n) is 2.09. The number of nitrogens with zero attached hydrogens (tertiary/aromatic N) is 2. The van der Waals surface area contributed by atoms with Crippen molar-refractivity contribution in [3.63, 3.8) is 0 Å². The minimum absolute atomic E-state index is 0.394. The minimum atomic E-state index is -0.458. The van der Waals surface area contributed by atoms with E-state index in [1.165, 1.54) is 17.8 Å². The molecule has 0 atom stereocenters. The molecule has 5 nitrogen and oxygen atoms in total. The van der Waals surface area contributed by atoms with Crippen molar-refractivity contribution in [2.24, 2.45) is 0 Å². The average molecular weight is 349 g/mol. The SMILES string of the molecule is Cc1c(Cl)cccc1-n1ccnc1SCc1cc(=O)c(O)co1. The highest BCUT2D eigenvalue weighted by Crippen LogP contribution is 2.28. The van der Waals surface area contributed by atoms with E-state index in [9.17, 15) is 9.90 Å². The summed E-state index contributed by atoms with van der Waals surface area (Å²) < 4.78 is 7.13. The van der Waals surface area contributed by atoms with Crippen molar-refractivity contribution in [3.8, 4) is 11.4 Å². The molecule has 0 saturated heterocycles. The van der Waals surface area contributed by atoms with Gasteiger partial charge < -0.3 is 9.52 Å². The Bertz CT molecular complexity index is 904. The van der Waals surface area contributed by atoms with Crippen molar-refractivity contribution in [3.05, 3.63) is 69.5 Å². The molecule has 0 unspecified atom stereocenters. The van der Waals surface area contributed by atoms with Gasteiger partial charge in [0.15, 0.2) is 10.9 Å². The van der Waals surface area contributed by atoms with E-state index in [1.807, 2.05) is 35.9 Å². The Labute approximate surface area is 141 Å². The van der Waals surface area contributed by atoms with Gasteiger partial charge in [-0.1, -0.05) is 29.4 Å². The third-order valence-electron chi connectivity index (χ3n) is 3.32. The van der Waals surface area contributed by atoms with Crippen LogP contribution in [0.1, 0.15) is 11.3 Å². The smallest absolute Gasteiger partial charge is 0.226 e. The molecule has 118 valence electrons. The zero-order valence-corrected chi connectivity index (χ0v) is 13.8. The van der Waals surface area contributed by atoms with Crippen molar-refractivity contribution < 1.29 is 9.52 Å². The highest BCUT2D eigenvalue weighted by atomic mass is 35.5. The molecule has 7 heteroatoms. The molecule has 1 aromatic carbocycles. The van der Waals surface area contributed by atoms with E-state index in [4.69, 9.17) is 16.0 Å². The van der Waals surface area contributed by atoms with Crippen molar-refractivity contribution in [1.82, 2.24) is 9.55 Å². The second kappa shape index (κ2) is 6.52. The summed E-state index contributed by atoms with van der Waals surface area (Å²) in [5, 5.41) is 10.7. The van der Waals surface area contributed by atoms with E-state index in [1.54, 1.807) is 6.20 Å². The molecular formula is C16H13ClN2O3S. The number of rotatable bonds is 4. The van der Waals surface area contributed by atoms with Crippen LogP contribution in [0.25, 0.3) is 5.69 Å². The molecular weight excluding hydrogens is 336 g/mol. The van der Waals surface area contributed by atoms with E-state index < -0.39 is 11.2 Å². The predicted octanol–water partition coefficient (Wildman–Crippen LogP) is 3.79. The molecule has 3 aromatic rings. The van der Waals surface area contributed by atoms with Gasteiger partial charge in [0, 0.05) is 23.5 Å². The van der Waals surface area contributed by atoms with Gasteiger partial charge in [0.1, 0.15) is 12.0 Å². The number of aromatic hydroxyl groups is 1. The molecule has 0 saturated carbocycles. The fraction of sp³-hybridized carbons (Fsp3) is 0.125. The van der Waals surface area contributed by atoms with Crippen LogP contribution in [-0.2, 0) is 5.75 Å². The summed E-state index contributed by atoms with van der Waals surface area (Å²) in [6.45, 7) is 1.95. The lowest BCUT2D eigenvalue weighted by Gasteiger charge is -2.11. The molecule has 2 aromatic heterocycles. The summed E-state index contributed by atoms with van der Waals surface area (Å²) in [5.74, 6) is 0.497.